The Morgan fingerprint density at radius 2 is 0.730 bits per heavy atom. The number of guanidine groups is 18. The molecule has 46 heteroatoms. The highest BCUT2D eigenvalue weighted by Gasteiger charge is 2.17. The van der Waals surface area contributed by atoms with Crippen molar-refractivity contribution in [2.75, 3.05) is 63.4 Å². The lowest BCUT2D eigenvalue weighted by atomic mass is 10.2. The van der Waals surface area contributed by atoms with Crippen molar-refractivity contribution in [2.24, 2.45) is 142 Å². The third-order valence-electron chi connectivity index (χ3n) is 16.7. The van der Waals surface area contributed by atoms with Gasteiger partial charge in [0, 0.05) is 114 Å². The quantitative estimate of drug-likeness (QED) is 0.125. The molecule has 0 unspecified atom stereocenters. The van der Waals surface area contributed by atoms with Gasteiger partial charge in [0.05, 0.1) is 0 Å². The second-order valence-electron chi connectivity index (χ2n) is 28.5. The molecule has 0 saturated carbocycles. The van der Waals surface area contributed by atoms with E-state index in [0.29, 0.717) is 5.96 Å². The van der Waals surface area contributed by atoms with Crippen molar-refractivity contribution in [2.45, 2.75) is 114 Å². The highest BCUT2D eigenvalue weighted by Crippen LogP contribution is 2.26. The molecule has 126 heavy (non-hydrogen) atoms. The number of nitrogens with zero attached hydrogens (tertiary/aromatic N) is 16. The maximum Gasteiger partial charge on any atom is 0.224 e. The lowest BCUT2D eigenvalue weighted by Crippen LogP contribution is -2.34. The number of thiophene rings is 1. The predicted octanol–water partition coefficient (Wildman–Crippen LogP) is 3.26. The highest BCUT2D eigenvalue weighted by atomic mass is 32.1. The van der Waals surface area contributed by atoms with Gasteiger partial charge in [-0.1, -0.05) is 77.5 Å². The van der Waals surface area contributed by atoms with E-state index in [2.05, 4.69) is 127 Å². The van der Waals surface area contributed by atoms with Crippen LogP contribution in [-0.4, -0.2) is 200 Å². The normalized spacial score (nSPS) is 15.9. The minimum atomic E-state index is -0.302. The zero-order chi connectivity index (χ0) is 95.9. The predicted molar refractivity (Wildman–Crippen MR) is 524 cm³/mol. The smallest absolute Gasteiger partial charge is 0.224 e. The molecule has 0 atom stereocenters. The van der Waals surface area contributed by atoms with Gasteiger partial charge in [0.2, 0.25) is 101 Å². The molecular weight excluding hydrogens is 1620 g/mol. The lowest BCUT2D eigenvalue weighted by molar-refractivity contribution is 0.609. The molecule has 0 bridgehead atoms. The zero-order valence-electron chi connectivity index (χ0n) is 75.4. The largest absolute Gasteiger partial charge is 0.369 e. The number of nitrogens with two attached hydrogens (primary N) is 16. The molecule has 0 spiro atoms. The first-order valence-electron chi connectivity index (χ1n) is 38.5. The van der Waals surface area contributed by atoms with E-state index in [4.69, 9.17) is 135 Å². The Labute approximate surface area is 742 Å². The minimum Gasteiger partial charge on any atom is -0.369 e. The van der Waals surface area contributed by atoms with E-state index in [1.54, 1.807) is 104 Å². The van der Waals surface area contributed by atoms with E-state index in [1.165, 1.54) is 38.3 Å². The molecule has 45 nitrogen and oxygen atoms in total. The van der Waals surface area contributed by atoms with Gasteiger partial charge in [0.1, 0.15) is 5.00 Å². The molecule has 0 aliphatic heterocycles. The Morgan fingerprint density at radius 3 is 1.07 bits per heavy atom. The second kappa shape index (κ2) is 55.2. The molecular formula is C80H133N45S. The van der Waals surface area contributed by atoms with Crippen LogP contribution in [0.2, 0.25) is 0 Å². The summed E-state index contributed by atoms with van der Waals surface area (Å²) in [6, 6.07) is 3.88. The standard InChI is InChI=1S/2C10H17N5.C9H15N5S.3C9H15N5.3C8H13N5/c1-7-4-5-8(6-7)13-9(11)14-10(12)15(2)3;1-7-5-4-6-8(7)13-9(11)14-10(12)15(2)3;1-6-4-5-7(15-6)12-8(10)13-9(11)14(2)3;1-6-3-4-7(5-6)14(2)9(12)13-8(10)11;2*1-6-4-3-5-7(6)14(2)9(12)13-8(10)11;1-5-2-3-6(4-5)12-8(11)13-7(9)10;2*1-5-3-2-4-6(5)12-8(11)13-7(9)10/h5-6H,4H2,1-3H3,(H4,11,12,13,14);4,6H,5H2,1-3H3,(H4,11,12,13,14);4-5H,1-3H3,(H4,10,11,12,13);2*4-5H,3H2,1-2H3,(H5,10,11,12,13);3,5H,4H2,1-2H3,(H5,10,11,12,13);2*3-4H,2H2,1H3,(H6,9,10,11,12,13);2,4H,3H2,1H3,(H6,9,10,11,12,13). The summed E-state index contributed by atoms with van der Waals surface area (Å²) in [4.78, 5) is 48.7. The van der Waals surface area contributed by atoms with Crippen LogP contribution in [0.3, 0.4) is 0 Å². The number of allylic oxidation sites excluding steroid dienone is 24. The third kappa shape index (κ3) is 45.0. The van der Waals surface area contributed by atoms with Gasteiger partial charge in [-0.05, 0) is 190 Å². The van der Waals surface area contributed by atoms with Crippen LogP contribution < -0.4 is 118 Å². The van der Waals surface area contributed by atoms with E-state index in [9.17, 15) is 0 Å². The van der Waals surface area contributed by atoms with Crippen molar-refractivity contribution < 1.29 is 0 Å². The minimum absolute atomic E-state index is 0.124. The second-order valence-corrected chi connectivity index (χ2v) is 29.8. The van der Waals surface area contributed by atoms with Crippen LogP contribution in [0.15, 0.2) is 249 Å². The van der Waals surface area contributed by atoms with Gasteiger partial charge < -0.3 is 148 Å². The summed E-state index contributed by atoms with van der Waals surface area (Å²) < 4.78 is 0. The monoisotopic (exact) mass is 1760 g/mol. The molecule has 45 N–H and O–H groups in total. The van der Waals surface area contributed by atoms with Crippen LogP contribution >= 0.6 is 11.3 Å². The number of rotatable bonds is 9. The molecule has 0 aromatic carbocycles. The van der Waals surface area contributed by atoms with Gasteiger partial charge in [-0.15, -0.1) is 11.3 Å². The molecule has 0 fully saturated rings. The first-order chi connectivity index (χ1) is 58.8. The molecule has 8 aliphatic rings. The summed E-state index contributed by atoms with van der Waals surface area (Å²) in [7, 11) is 16.0. The summed E-state index contributed by atoms with van der Waals surface area (Å²) in [5.41, 5.74) is 104. The van der Waals surface area contributed by atoms with Crippen LogP contribution in [0.5, 0.6) is 0 Å². The van der Waals surface area contributed by atoms with E-state index >= 15 is 0 Å². The molecule has 8 aliphatic carbocycles. The fourth-order valence-electron chi connectivity index (χ4n) is 10.1. The molecule has 684 valence electrons. The molecule has 1 aromatic heterocycles. The Hall–Kier alpha value is -15.8. The zero-order valence-corrected chi connectivity index (χ0v) is 76.2. The van der Waals surface area contributed by atoms with Crippen molar-refractivity contribution in [1.82, 2.24) is 56.0 Å². The number of aryl methyl sites for hydroxylation is 1. The van der Waals surface area contributed by atoms with Crippen molar-refractivity contribution in [3.63, 3.8) is 0 Å². The van der Waals surface area contributed by atoms with Crippen LogP contribution in [0.4, 0.5) is 5.00 Å². The summed E-state index contributed by atoms with van der Waals surface area (Å²) >= 11 is 1.56. The Bertz CT molecular complexity index is 4970. The average Bonchev–Trinajstić information content (AvgIpc) is 1.71. The van der Waals surface area contributed by atoms with Crippen molar-refractivity contribution in [1.29, 1.82) is 43.3 Å². The summed E-state index contributed by atoms with van der Waals surface area (Å²) in [6.45, 7) is 18.2. The van der Waals surface area contributed by atoms with Crippen molar-refractivity contribution in [3.8, 4) is 0 Å². The molecule has 1 heterocycles. The van der Waals surface area contributed by atoms with E-state index < -0.39 is 0 Å². The van der Waals surface area contributed by atoms with Gasteiger partial charge >= 0.3 is 0 Å². The van der Waals surface area contributed by atoms with Crippen LogP contribution in [0, 0.1) is 50.2 Å². The number of likely N-dealkylation sites (N-methyl/N-ethyl adjacent to an activating group) is 3. The van der Waals surface area contributed by atoms with Gasteiger partial charge in [0.15, 0.2) is 5.96 Å². The number of hydrogen-bond donors (Lipinski definition) is 29. The lowest BCUT2D eigenvalue weighted by Gasteiger charge is -2.20. The van der Waals surface area contributed by atoms with Gasteiger partial charge in [-0.3, -0.25) is 43.3 Å². The van der Waals surface area contributed by atoms with Gasteiger partial charge in [-0.2, -0.15) is 44.9 Å². The fraction of sp³-hybridized carbons (Fsp3) is 0.325. The maximum atomic E-state index is 7.48. The van der Waals surface area contributed by atoms with E-state index in [-0.39, 0.29) is 101 Å². The third-order valence-corrected chi connectivity index (χ3v) is 17.6. The Balaban J connectivity index is 0.000000709. The first kappa shape index (κ1) is 108. The number of hydrogen-bond acceptors (Lipinski definition) is 10. The molecule has 0 radical (unpaired) electrons. The number of nitrogens with one attached hydrogen (secondary N) is 13. The summed E-state index contributed by atoms with van der Waals surface area (Å²) in [5, 5.41) is 71.8. The molecule has 9 rings (SSSR count). The maximum absolute atomic E-state index is 7.48. The van der Waals surface area contributed by atoms with Crippen LogP contribution in [-0.2, 0) is 0 Å². The van der Waals surface area contributed by atoms with Gasteiger partial charge in [0.25, 0.3) is 0 Å². The van der Waals surface area contributed by atoms with Crippen molar-refractivity contribution in [3.05, 3.63) is 204 Å². The Kier molecular flexibility index (Phi) is 47.4. The molecule has 1 aromatic rings. The van der Waals surface area contributed by atoms with E-state index in [0.717, 1.165) is 113 Å². The fourth-order valence-corrected chi connectivity index (χ4v) is 10.9. The van der Waals surface area contributed by atoms with Gasteiger partial charge in [-0.25, -0.2) is 4.99 Å². The topological polar surface area (TPSA) is 810 Å². The SMILES string of the molecule is CC1=C(N(C)C(N)=NC(=N)N)C=CC1.CC1=C(NC(N)=NC(=N)N(C)C)C=CC1.CC1=C(NC(N)=NC(=N)N)C=CC1.CC1=CC(N(C)C(N)=NC(=N)N)=CC1.CC1=CC(NC(N)=NC(=N)N(C)C)=CC1.CC1=CC(NC(N)=NC(=N)N)=CC1.CC1=CCC=C1N(C)C(N)=NC(=N)N.CC1=CCC=C1NC(N)=NC(=N)N.Cc1ccc(N=C(N)N=C(N)N(C)C)s1. The van der Waals surface area contributed by atoms with Crippen molar-refractivity contribution >= 4 is 124 Å². The first-order valence-corrected chi connectivity index (χ1v) is 39.3. The summed E-state index contributed by atoms with van der Waals surface area (Å²) in [6.07, 6.45) is 39.8. The van der Waals surface area contributed by atoms with Crippen LogP contribution in [0.25, 0.3) is 0 Å². The molecule has 0 saturated heterocycles. The van der Waals surface area contributed by atoms with Crippen LogP contribution in [0.1, 0.15) is 112 Å². The molecule has 0 amide bonds. The summed E-state index contributed by atoms with van der Waals surface area (Å²) in [5.74, 6) is 0.628. The van der Waals surface area contributed by atoms with E-state index in [1.807, 2.05) is 121 Å². The number of aliphatic imine (C=N–C) groups is 10. The average molecular weight is 1760 g/mol. The highest BCUT2D eigenvalue weighted by molar-refractivity contribution is 7.15. The Morgan fingerprint density at radius 1 is 0.349 bits per heavy atom.